The van der Waals surface area contributed by atoms with Gasteiger partial charge in [-0.2, -0.15) is 0 Å². The van der Waals surface area contributed by atoms with Crippen LogP contribution in [0.4, 0.5) is 10.5 Å². The van der Waals surface area contributed by atoms with Crippen molar-refractivity contribution in [2.45, 2.75) is 52.2 Å². The van der Waals surface area contributed by atoms with E-state index in [-0.39, 0.29) is 6.61 Å². The molecule has 0 aliphatic heterocycles. The summed E-state index contributed by atoms with van der Waals surface area (Å²) in [7, 11) is 1.50. The molecule has 0 radical (unpaired) electrons. The van der Waals surface area contributed by atoms with Crippen LogP contribution in [0.1, 0.15) is 45.7 Å². The van der Waals surface area contributed by atoms with E-state index < -0.39 is 23.3 Å². The molecular formula is C25H33NO7. The van der Waals surface area contributed by atoms with Gasteiger partial charge in [0.1, 0.15) is 5.60 Å². The van der Waals surface area contributed by atoms with E-state index in [2.05, 4.69) is 5.32 Å². The molecular weight excluding hydrogens is 426 g/mol. The third-order valence-corrected chi connectivity index (χ3v) is 4.80. The van der Waals surface area contributed by atoms with Crippen molar-refractivity contribution in [2.24, 2.45) is 0 Å². The van der Waals surface area contributed by atoms with Crippen LogP contribution >= 0.6 is 0 Å². The fourth-order valence-corrected chi connectivity index (χ4v) is 3.10. The first kappa shape index (κ1) is 26.0. The lowest BCUT2D eigenvalue weighted by Gasteiger charge is -2.26. The molecule has 2 aromatic rings. The molecule has 0 aromatic heterocycles. The van der Waals surface area contributed by atoms with Crippen LogP contribution in [-0.2, 0) is 26.3 Å². The van der Waals surface area contributed by atoms with Gasteiger partial charge in [0.15, 0.2) is 17.1 Å². The van der Waals surface area contributed by atoms with Gasteiger partial charge in [0.2, 0.25) is 0 Å². The SMILES string of the molecule is CCOC(C)(C(=O)O)c1ccc(OCCc2ccc(NC(=O)OC(C)(C)C)cc2)c(OC)c1. The summed E-state index contributed by atoms with van der Waals surface area (Å²) in [6.07, 6.45) is 0.126. The van der Waals surface area contributed by atoms with Crippen molar-refractivity contribution < 1.29 is 33.6 Å². The molecule has 0 aliphatic rings. The van der Waals surface area contributed by atoms with Gasteiger partial charge in [-0.05, 0) is 70.0 Å². The zero-order valence-corrected chi connectivity index (χ0v) is 20.1. The molecule has 8 heteroatoms. The predicted molar refractivity (Wildman–Crippen MR) is 125 cm³/mol. The van der Waals surface area contributed by atoms with Crippen molar-refractivity contribution >= 4 is 17.7 Å². The van der Waals surface area contributed by atoms with Crippen LogP contribution in [0, 0.1) is 0 Å². The molecule has 0 aliphatic carbocycles. The first-order valence-corrected chi connectivity index (χ1v) is 10.8. The summed E-state index contributed by atoms with van der Waals surface area (Å²) in [5, 5.41) is 12.3. The monoisotopic (exact) mass is 459 g/mol. The molecule has 0 saturated heterocycles. The van der Waals surface area contributed by atoms with Crippen molar-refractivity contribution in [1.29, 1.82) is 0 Å². The summed E-state index contributed by atoms with van der Waals surface area (Å²) in [4.78, 5) is 23.6. The summed E-state index contributed by atoms with van der Waals surface area (Å²) in [6, 6.07) is 12.4. The van der Waals surface area contributed by atoms with Gasteiger partial charge >= 0.3 is 12.1 Å². The highest BCUT2D eigenvalue weighted by Gasteiger charge is 2.36. The number of aliphatic carboxylic acids is 1. The number of carbonyl (C=O) groups is 2. The van der Waals surface area contributed by atoms with Crippen molar-refractivity contribution in [3.8, 4) is 11.5 Å². The van der Waals surface area contributed by atoms with Gasteiger partial charge in [0.05, 0.1) is 13.7 Å². The molecule has 1 amide bonds. The minimum atomic E-state index is -1.48. The van der Waals surface area contributed by atoms with Gasteiger partial charge in [-0.3, -0.25) is 5.32 Å². The Labute approximate surface area is 194 Å². The number of ether oxygens (including phenoxy) is 4. The van der Waals surface area contributed by atoms with E-state index in [0.717, 1.165) is 5.56 Å². The molecule has 1 unspecified atom stereocenters. The fourth-order valence-electron chi connectivity index (χ4n) is 3.10. The molecule has 0 saturated carbocycles. The summed E-state index contributed by atoms with van der Waals surface area (Å²) >= 11 is 0. The number of carbonyl (C=O) groups excluding carboxylic acids is 1. The number of amides is 1. The van der Waals surface area contributed by atoms with Gasteiger partial charge in [0, 0.05) is 18.7 Å². The highest BCUT2D eigenvalue weighted by Crippen LogP contribution is 2.34. The topological polar surface area (TPSA) is 103 Å². The van der Waals surface area contributed by atoms with Gasteiger partial charge in [0.25, 0.3) is 0 Å². The minimum Gasteiger partial charge on any atom is -0.493 e. The van der Waals surface area contributed by atoms with E-state index in [1.807, 2.05) is 32.9 Å². The molecule has 1 atom stereocenters. The Hall–Kier alpha value is -3.26. The van der Waals surface area contributed by atoms with Gasteiger partial charge in [-0.15, -0.1) is 0 Å². The second kappa shape index (κ2) is 11.0. The van der Waals surface area contributed by atoms with Gasteiger partial charge in [-0.1, -0.05) is 18.2 Å². The Balaban J connectivity index is 1.98. The Morgan fingerprint density at radius 3 is 2.21 bits per heavy atom. The van der Waals surface area contributed by atoms with E-state index in [1.165, 1.54) is 14.0 Å². The lowest BCUT2D eigenvalue weighted by molar-refractivity contribution is -0.164. The number of carboxylic acids is 1. The molecule has 180 valence electrons. The largest absolute Gasteiger partial charge is 0.493 e. The number of anilines is 1. The zero-order valence-electron chi connectivity index (χ0n) is 20.1. The molecule has 2 rings (SSSR count). The quantitative estimate of drug-likeness (QED) is 0.515. The van der Waals surface area contributed by atoms with Crippen molar-refractivity contribution in [2.75, 3.05) is 25.6 Å². The molecule has 0 bridgehead atoms. The van der Waals surface area contributed by atoms with E-state index in [0.29, 0.717) is 35.8 Å². The standard InChI is InChI=1S/C25H33NO7/c1-7-32-25(5,22(27)28)18-10-13-20(21(16-18)30-6)31-15-14-17-8-11-19(12-9-17)26-23(29)33-24(2,3)4/h8-13,16H,7,14-15H2,1-6H3,(H,26,29)(H,27,28). The van der Waals surface area contributed by atoms with E-state index in [1.54, 1.807) is 37.3 Å². The van der Waals surface area contributed by atoms with Gasteiger partial charge < -0.3 is 24.1 Å². The maximum absolute atomic E-state index is 11.9. The lowest BCUT2D eigenvalue weighted by Crippen LogP contribution is -2.35. The summed E-state index contributed by atoms with van der Waals surface area (Å²) < 4.78 is 22.0. The van der Waals surface area contributed by atoms with E-state index >= 15 is 0 Å². The minimum absolute atomic E-state index is 0.259. The molecule has 8 nitrogen and oxygen atoms in total. The normalized spacial score (nSPS) is 13.0. The molecule has 2 N–H and O–H groups in total. The molecule has 33 heavy (non-hydrogen) atoms. The number of methoxy groups -OCH3 is 1. The molecule has 0 heterocycles. The average Bonchev–Trinajstić information content (AvgIpc) is 2.73. The van der Waals surface area contributed by atoms with Crippen LogP contribution in [0.15, 0.2) is 42.5 Å². The molecule has 2 aromatic carbocycles. The van der Waals surface area contributed by atoms with Gasteiger partial charge in [-0.25, -0.2) is 9.59 Å². The van der Waals surface area contributed by atoms with Crippen LogP contribution in [0.3, 0.4) is 0 Å². The van der Waals surface area contributed by atoms with Crippen molar-refractivity contribution in [3.05, 3.63) is 53.6 Å². The second-order valence-corrected chi connectivity index (χ2v) is 8.56. The number of nitrogens with one attached hydrogen (secondary N) is 1. The first-order valence-electron chi connectivity index (χ1n) is 10.8. The maximum atomic E-state index is 11.9. The third kappa shape index (κ3) is 7.39. The molecule has 0 spiro atoms. The summed E-state index contributed by atoms with van der Waals surface area (Å²) in [6.45, 7) is 9.32. The van der Waals surface area contributed by atoms with Crippen LogP contribution in [0.25, 0.3) is 0 Å². The smallest absolute Gasteiger partial charge is 0.412 e. The highest BCUT2D eigenvalue weighted by atomic mass is 16.6. The molecule has 0 fully saturated rings. The van der Waals surface area contributed by atoms with Crippen molar-refractivity contribution in [1.82, 2.24) is 0 Å². The first-order chi connectivity index (χ1) is 15.5. The Morgan fingerprint density at radius 1 is 1.00 bits per heavy atom. The zero-order chi connectivity index (χ0) is 24.6. The number of rotatable bonds is 10. The maximum Gasteiger partial charge on any atom is 0.412 e. The number of hydrogen-bond acceptors (Lipinski definition) is 6. The average molecular weight is 460 g/mol. The predicted octanol–water partition coefficient (Wildman–Crippen LogP) is 5.00. The Bertz CT molecular complexity index is 950. The number of carboxylic acid groups (broad SMARTS) is 1. The number of hydrogen-bond donors (Lipinski definition) is 2. The van der Waals surface area contributed by atoms with Crippen molar-refractivity contribution in [3.63, 3.8) is 0 Å². The van der Waals surface area contributed by atoms with E-state index in [4.69, 9.17) is 18.9 Å². The van der Waals surface area contributed by atoms with Crippen LogP contribution in [0.2, 0.25) is 0 Å². The van der Waals surface area contributed by atoms with Crippen LogP contribution < -0.4 is 14.8 Å². The Kier molecular flexibility index (Phi) is 8.70. The fraction of sp³-hybridized carbons (Fsp3) is 0.440. The Morgan fingerprint density at radius 2 is 1.67 bits per heavy atom. The van der Waals surface area contributed by atoms with Crippen LogP contribution in [-0.4, -0.2) is 43.1 Å². The lowest BCUT2D eigenvalue weighted by atomic mass is 9.95. The second-order valence-electron chi connectivity index (χ2n) is 8.56. The number of benzene rings is 2. The van der Waals surface area contributed by atoms with Crippen LogP contribution in [0.5, 0.6) is 11.5 Å². The summed E-state index contributed by atoms with van der Waals surface area (Å²) in [5.41, 5.74) is 0.0946. The summed E-state index contributed by atoms with van der Waals surface area (Å²) in [5.74, 6) is -0.144. The third-order valence-electron chi connectivity index (χ3n) is 4.80. The van der Waals surface area contributed by atoms with E-state index in [9.17, 15) is 14.7 Å². The highest BCUT2D eigenvalue weighted by molar-refractivity contribution is 5.84.